The first-order chi connectivity index (χ1) is 23.0. The van der Waals surface area contributed by atoms with Gasteiger partial charge in [-0.15, -0.1) is 0 Å². The minimum atomic E-state index is -0.793. The van der Waals surface area contributed by atoms with Crippen LogP contribution in [-0.4, -0.2) is 37.2 Å². The minimum Gasteiger partial charge on any atom is -0.462 e. The smallest absolute Gasteiger partial charge is 0.306 e. The highest BCUT2D eigenvalue weighted by Crippen LogP contribution is 2.13. The Labute approximate surface area is 288 Å². The first-order valence-electron chi connectivity index (χ1n) is 19.1. The predicted molar refractivity (Wildman–Crippen MR) is 196 cm³/mol. The molecular weight excluding hydrogens is 588 g/mol. The van der Waals surface area contributed by atoms with Crippen molar-refractivity contribution in [2.45, 2.75) is 181 Å². The van der Waals surface area contributed by atoms with Crippen LogP contribution in [0, 0.1) is 0 Å². The van der Waals surface area contributed by atoms with Crippen molar-refractivity contribution in [2.75, 3.05) is 13.2 Å². The number of hydrogen-bond donors (Lipinski definition) is 0. The van der Waals surface area contributed by atoms with Crippen molar-refractivity contribution in [1.82, 2.24) is 0 Å². The van der Waals surface area contributed by atoms with Gasteiger partial charge in [-0.25, -0.2) is 0 Å². The number of esters is 3. The maximum absolute atomic E-state index is 12.4. The lowest BCUT2D eigenvalue weighted by Gasteiger charge is -2.17. The van der Waals surface area contributed by atoms with Crippen molar-refractivity contribution >= 4 is 17.9 Å². The molecule has 0 N–H and O–H groups in total. The fraction of sp³-hybridized carbons (Fsp3) is 0.732. The summed E-state index contributed by atoms with van der Waals surface area (Å²) in [7, 11) is 0. The Kier molecular flexibility index (Phi) is 34.2. The van der Waals surface area contributed by atoms with Crippen LogP contribution < -0.4 is 0 Å². The quantitative estimate of drug-likeness (QED) is 0.0302. The van der Waals surface area contributed by atoms with E-state index in [1.165, 1.54) is 96.8 Å². The molecule has 0 fully saturated rings. The van der Waals surface area contributed by atoms with Crippen LogP contribution in [0.2, 0.25) is 0 Å². The van der Waals surface area contributed by atoms with E-state index in [4.69, 9.17) is 14.2 Å². The maximum atomic E-state index is 12.4. The molecule has 0 saturated heterocycles. The van der Waals surface area contributed by atoms with Gasteiger partial charge in [-0.3, -0.25) is 14.4 Å². The molecule has 0 bridgehead atoms. The molecule has 0 aromatic carbocycles. The van der Waals surface area contributed by atoms with Crippen molar-refractivity contribution in [2.24, 2.45) is 0 Å². The van der Waals surface area contributed by atoms with Crippen molar-refractivity contribution in [3.63, 3.8) is 0 Å². The summed E-state index contributed by atoms with van der Waals surface area (Å²) in [5, 5.41) is 0. The van der Waals surface area contributed by atoms with Crippen LogP contribution in [0.4, 0.5) is 0 Å². The van der Waals surface area contributed by atoms with Gasteiger partial charge in [0.05, 0.1) is 0 Å². The summed E-state index contributed by atoms with van der Waals surface area (Å²) in [4.78, 5) is 35.9. The highest BCUT2D eigenvalue weighted by atomic mass is 16.6. The van der Waals surface area contributed by atoms with Gasteiger partial charge in [-0.05, 0) is 51.4 Å². The topological polar surface area (TPSA) is 78.9 Å². The van der Waals surface area contributed by atoms with Crippen LogP contribution in [0.1, 0.15) is 175 Å². The van der Waals surface area contributed by atoms with Gasteiger partial charge >= 0.3 is 17.9 Å². The lowest BCUT2D eigenvalue weighted by atomic mass is 10.0. The van der Waals surface area contributed by atoms with E-state index in [-0.39, 0.29) is 31.6 Å². The Morgan fingerprint density at radius 3 is 1.38 bits per heavy atom. The molecule has 0 aliphatic carbocycles. The zero-order valence-corrected chi connectivity index (χ0v) is 30.5. The Balaban J connectivity index is 3.98. The Bertz CT molecular complexity index is 856. The van der Waals surface area contributed by atoms with E-state index in [9.17, 15) is 14.4 Å². The van der Waals surface area contributed by atoms with E-state index >= 15 is 0 Å². The Hall–Kier alpha value is -2.63. The highest BCUT2D eigenvalue weighted by Gasteiger charge is 2.18. The van der Waals surface area contributed by atoms with Crippen molar-refractivity contribution in [1.29, 1.82) is 0 Å². The molecule has 6 heteroatoms. The largest absolute Gasteiger partial charge is 0.462 e. The number of ether oxygens (including phenoxy) is 3. The average molecular weight is 659 g/mol. The second kappa shape index (κ2) is 36.2. The average Bonchev–Trinajstić information content (AvgIpc) is 3.05. The molecule has 0 radical (unpaired) electrons. The zero-order valence-electron chi connectivity index (χ0n) is 30.5. The van der Waals surface area contributed by atoms with E-state index in [0.717, 1.165) is 44.9 Å². The van der Waals surface area contributed by atoms with Crippen molar-refractivity contribution in [3.8, 4) is 0 Å². The number of unbranched alkanes of at least 4 members (excludes halogenated alkanes) is 16. The Morgan fingerprint density at radius 2 is 0.872 bits per heavy atom. The third-order valence-electron chi connectivity index (χ3n) is 7.89. The summed E-state index contributed by atoms with van der Waals surface area (Å²) in [6, 6.07) is 0. The van der Waals surface area contributed by atoms with Gasteiger partial charge < -0.3 is 14.2 Å². The fourth-order valence-electron chi connectivity index (χ4n) is 5.04. The van der Waals surface area contributed by atoms with E-state index in [1.54, 1.807) is 0 Å². The minimum absolute atomic E-state index is 0.104. The van der Waals surface area contributed by atoms with Gasteiger partial charge in [0.2, 0.25) is 0 Å². The van der Waals surface area contributed by atoms with Gasteiger partial charge in [0.25, 0.3) is 0 Å². The third-order valence-corrected chi connectivity index (χ3v) is 7.89. The van der Waals surface area contributed by atoms with Gasteiger partial charge in [0, 0.05) is 19.8 Å². The molecule has 0 rings (SSSR count). The van der Waals surface area contributed by atoms with Crippen LogP contribution in [0.5, 0.6) is 0 Å². The SMILES string of the molecule is CCCCC/C=C/C/C=C/C/C=C/C/C=C/CCCC(=O)OC(COC(C)=O)COC(=O)CCCCCCCCCCCCCCC. The molecule has 0 aromatic heterocycles. The molecule has 0 aliphatic rings. The molecule has 47 heavy (non-hydrogen) atoms. The molecule has 0 saturated carbocycles. The summed E-state index contributed by atoms with van der Waals surface area (Å²) in [6.45, 7) is 5.56. The van der Waals surface area contributed by atoms with Crippen LogP contribution in [0.25, 0.3) is 0 Å². The van der Waals surface area contributed by atoms with E-state index in [1.807, 2.05) is 0 Å². The molecule has 0 heterocycles. The molecule has 0 aliphatic heterocycles. The summed E-state index contributed by atoms with van der Waals surface area (Å²) >= 11 is 0. The summed E-state index contributed by atoms with van der Waals surface area (Å²) < 4.78 is 15.8. The number of allylic oxidation sites excluding steroid dienone is 8. The molecule has 1 unspecified atom stereocenters. The summed E-state index contributed by atoms with van der Waals surface area (Å²) in [5.74, 6) is -1.16. The standard InChI is InChI=1S/C41H70O6/c1-4-6-8-10-12-14-16-18-19-20-21-23-25-27-29-31-33-35-41(44)47-39(36-45-38(3)42)37-46-40(43)34-32-30-28-26-24-22-17-15-13-11-9-7-5-2/h12,14,18-19,21,23,27,29,39H,4-11,13,15-17,20,22,24-26,28,30-37H2,1-3H3/b14-12+,19-18+,23-21+,29-27+. The molecule has 0 aromatic rings. The van der Waals surface area contributed by atoms with Crippen LogP contribution in [0.3, 0.4) is 0 Å². The first-order valence-corrected chi connectivity index (χ1v) is 19.1. The van der Waals surface area contributed by atoms with E-state index < -0.39 is 12.1 Å². The normalized spacial score (nSPS) is 12.5. The molecule has 6 nitrogen and oxygen atoms in total. The molecule has 270 valence electrons. The zero-order chi connectivity index (χ0) is 34.5. The molecule has 0 amide bonds. The molecule has 0 spiro atoms. The van der Waals surface area contributed by atoms with Gasteiger partial charge in [-0.1, -0.05) is 152 Å². The number of hydrogen-bond acceptors (Lipinski definition) is 6. The summed E-state index contributed by atoms with van der Waals surface area (Å²) in [5.41, 5.74) is 0. The van der Waals surface area contributed by atoms with Crippen LogP contribution >= 0.6 is 0 Å². The molecular formula is C41H70O6. The first kappa shape index (κ1) is 44.4. The molecule has 1 atom stereocenters. The second-order valence-corrected chi connectivity index (χ2v) is 12.6. The van der Waals surface area contributed by atoms with Crippen molar-refractivity contribution < 1.29 is 28.6 Å². The van der Waals surface area contributed by atoms with Crippen LogP contribution in [-0.2, 0) is 28.6 Å². The third kappa shape index (κ3) is 36.1. The second-order valence-electron chi connectivity index (χ2n) is 12.6. The lowest BCUT2D eigenvalue weighted by molar-refractivity contribution is -0.166. The number of carbonyl (C=O) groups is 3. The summed E-state index contributed by atoms with van der Waals surface area (Å²) in [6.07, 6.45) is 42.7. The van der Waals surface area contributed by atoms with Gasteiger partial charge in [0.15, 0.2) is 6.10 Å². The number of rotatable bonds is 33. The van der Waals surface area contributed by atoms with Crippen LogP contribution in [0.15, 0.2) is 48.6 Å². The lowest BCUT2D eigenvalue weighted by Crippen LogP contribution is -2.30. The van der Waals surface area contributed by atoms with Gasteiger partial charge in [-0.2, -0.15) is 0 Å². The Morgan fingerprint density at radius 1 is 0.468 bits per heavy atom. The predicted octanol–water partition coefficient (Wildman–Crippen LogP) is 11.6. The van der Waals surface area contributed by atoms with Gasteiger partial charge in [0.1, 0.15) is 13.2 Å². The monoisotopic (exact) mass is 659 g/mol. The van der Waals surface area contributed by atoms with Crippen molar-refractivity contribution in [3.05, 3.63) is 48.6 Å². The fourth-order valence-corrected chi connectivity index (χ4v) is 5.04. The van der Waals surface area contributed by atoms with E-state index in [0.29, 0.717) is 12.8 Å². The highest BCUT2D eigenvalue weighted by molar-refractivity contribution is 5.70. The number of carbonyl (C=O) groups excluding carboxylic acids is 3. The van der Waals surface area contributed by atoms with E-state index in [2.05, 4.69) is 62.5 Å². The maximum Gasteiger partial charge on any atom is 0.306 e.